The van der Waals surface area contributed by atoms with Gasteiger partial charge in [0, 0.05) is 10.9 Å². The Morgan fingerprint density at radius 2 is 2.10 bits per heavy atom. The molecule has 0 spiro atoms. The number of fused-ring (bicyclic) bond motifs is 1. The molecule has 0 bridgehead atoms. The van der Waals surface area contributed by atoms with Gasteiger partial charge in [-0.25, -0.2) is 0 Å². The van der Waals surface area contributed by atoms with Gasteiger partial charge in [-0.15, -0.1) is 11.3 Å². The third-order valence-corrected chi connectivity index (χ3v) is 3.67. The second kappa shape index (κ2) is 5.87. The highest BCUT2D eigenvalue weighted by Gasteiger charge is 2.13. The Kier molecular flexibility index (Phi) is 3.77. The highest BCUT2D eigenvalue weighted by atomic mass is 32.1. The van der Waals surface area contributed by atoms with Crippen molar-refractivity contribution in [1.82, 2.24) is 0 Å². The molecule has 0 fully saturated rings. The summed E-state index contributed by atoms with van der Waals surface area (Å²) in [5.74, 6) is 8.09. The van der Waals surface area contributed by atoms with E-state index in [0.717, 1.165) is 27.0 Å². The minimum Gasteiger partial charge on any atom is -0.488 e. The van der Waals surface area contributed by atoms with Crippen molar-refractivity contribution in [2.45, 2.75) is 6.61 Å². The van der Waals surface area contributed by atoms with Crippen LogP contribution in [0.3, 0.4) is 0 Å². The zero-order chi connectivity index (χ0) is 13.8. The Morgan fingerprint density at radius 3 is 3.00 bits per heavy atom. The molecular formula is C15H13NO3S. The lowest BCUT2D eigenvalue weighted by Crippen LogP contribution is -1.93. The minimum atomic E-state index is 0.271. The van der Waals surface area contributed by atoms with Crippen LogP contribution in [0.2, 0.25) is 0 Å². The number of hydrogen-bond acceptors (Lipinski definition) is 5. The first-order valence-electron chi connectivity index (χ1n) is 6.15. The lowest BCUT2D eigenvalue weighted by molar-refractivity contribution is 0.173. The number of hydrogen-bond donors (Lipinski definition) is 1. The van der Waals surface area contributed by atoms with Crippen LogP contribution in [-0.2, 0) is 6.61 Å². The third kappa shape index (κ3) is 2.87. The monoisotopic (exact) mass is 287 g/mol. The first-order valence-corrected chi connectivity index (χ1v) is 6.97. The summed E-state index contributed by atoms with van der Waals surface area (Å²) in [5.41, 5.74) is 5.35. The Balaban J connectivity index is 1.63. The molecule has 102 valence electrons. The van der Waals surface area contributed by atoms with Gasteiger partial charge in [0.2, 0.25) is 6.79 Å². The van der Waals surface area contributed by atoms with Crippen LogP contribution in [0.1, 0.15) is 9.75 Å². The van der Waals surface area contributed by atoms with Gasteiger partial charge in [-0.1, -0.05) is 11.8 Å². The maximum atomic E-state index is 5.74. The second-order valence-electron chi connectivity index (χ2n) is 4.08. The van der Waals surface area contributed by atoms with E-state index in [2.05, 4.69) is 11.8 Å². The molecule has 2 aromatic rings. The largest absolute Gasteiger partial charge is 0.488 e. The van der Waals surface area contributed by atoms with Crippen molar-refractivity contribution in [3.63, 3.8) is 0 Å². The molecule has 0 radical (unpaired) electrons. The molecule has 1 aliphatic rings. The van der Waals surface area contributed by atoms with Crippen molar-refractivity contribution in [2.75, 3.05) is 13.3 Å². The maximum absolute atomic E-state index is 5.74. The predicted molar refractivity (Wildman–Crippen MR) is 77.1 cm³/mol. The van der Waals surface area contributed by atoms with Crippen molar-refractivity contribution < 1.29 is 14.2 Å². The lowest BCUT2D eigenvalue weighted by Gasteiger charge is -2.05. The van der Waals surface area contributed by atoms with Crippen LogP contribution in [0.25, 0.3) is 0 Å². The van der Waals surface area contributed by atoms with E-state index in [1.165, 1.54) is 0 Å². The van der Waals surface area contributed by atoms with Crippen molar-refractivity contribution >= 4 is 11.3 Å². The minimum absolute atomic E-state index is 0.271. The predicted octanol–water partition coefficient (Wildman–Crippen LogP) is 2.37. The fourth-order valence-electron chi connectivity index (χ4n) is 1.78. The molecule has 3 rings (SSSR count). The SMILES string of the molecule is NCC#Cc1ccc(COc2ccc3c(c2)OCO3)s1. The van der Waals surface area contributed by atoms with Gasteiger partial charge in [-0.05, 0) is 24.3 Å². The van der Waals surface area contributed by atoms with Crippen molar-refractivity contribution in [3.05, 3.63) is 40.1 Å². The molecule has 0 aliphatic carbocycles. The van der Waals surface area contributed by atoms with E-state index < -0.39 is 0 Å². The Hall–Kier alpha value is -2.16. The molecule has 5 heteroatoms. The summed E-state index contributed by atoms with van der Waals surface area (Å²) in [4.78, 5) is 2.11. The first-order chi connectivity index (χ1) is 9.85. The molecular weight excluding hydrogens is 274 g/mol. The van der Waals surface area contributed by atoms with Gasteiger partial charge in [-0.2, -0.15) is 0 Å². The van der Waals surface area contributed by atoms with Crippen LogP contribution in [0, 0.1) is 11.8 Å². The first kappa shape index (κ1) is 12.9. The molecule has 1 aromatic carbocycles. The zero-order valence-electron chi connectivity index (χ0n) is 10.7. The quantitative estimate of drug-likeness (QED) is 0.881. The van der Waals surface area contributed by atoms with Crippen molar-refractivity contribution in [3.8, 4) is 29.1 Å². The fraction of sp³-hybridized carbons (Fsp3) is 0.200. The van der Waals surface area contributed by atoms with E-state index in [9.17, 15) is 0 Å². The summed E-state index contributed by atoms with van der Waals surface area (Å²) in [6, 6.07) is 9.55. The number of rotatable bonds is 3. The summed E-state index contributed by atoms with van der Waals surface area (Å²) in [5, 5.41) is 0. The van der Waals surface area contributed by atoms with Gasteiger partial charge >= 0.3 is 0 Å². The number of benzene rings is 1. The van der Waals surface area contributed by atoms with Crippen LogP contribution < -0.4 is 19.9 Å². The van der Waals surface area contributed by atoms with Gasteiger partial charge in [0.15, 0.2) is 11.5 Å². The average Bonchev–Trinajstić information content (AvgIpc) is 3.11. The molecule has 4 nitrogen and oxygen atoms in total. The fourth-order valence-corrected chi connectivity index (χ4v) is 2.58. The molecule has 2 N–H and O–H groups in total. The number of ether oxygens (including phenoxy) is 3. The third-order valence-electron chi connectivity index (χ3n) is 2.70. The van der Waals surface area contributed by atoms with Crippen LogP contribution in [0.15, 0.2) is 30.3 Å². The Labute approximate surface area is 121 Å². The van der Waals surface area contributed by atoms with E-state index in [1.807, 2.05) is 30.3 Å². The van der Waals surface area contributed by atoms with Gasteiger partial charge in [0.25, 0.3) is 0 Å². The number of nitrogens with two attached hydrogens (primary N) is 1. The topological polar surface area (TPSA) is 53.7 Å². The van der Waals surface area contributed by atoms with Crippen molar-refractivity contribution in [2.24, 2.45) is 5.73 Å². The zero-order valence-corrected chi connectivity index (χ0v) is 11.5. The molecule has 0 atom stereocenters. The highest BCUT2D eigenvalue weighted by molar-refractivity contribution is 7.12. The van der Waals surface area contributed by atoms with Gasteiger partial charge in [-0.3, -0.25) is 0 Å². The lowest BCUT2D eigenvalue weighted by atomic mass is 10.3. The number of thiophene rings is 1. The normalized spacial score (nSPS) is 11.8. The molecule has 2 heterocycles. The highest BCUT2D eigenvalue weighted by Crippen LogP contribution is 2.35. The summed E-state index contributed by atoms with van der Waals surface area (Å²) in [7, 11) is 0. The summed E-state index contributed by atoms with van der Waals surface area (Å²) in [6.45, 7) is 1.16. The van der Waals surface area contributed by atoms with Crippen molar-refractivity contribution in [1.29, 1.82) is 0 Å². The summed E-state index contributed by atoms with van der Waals surface area (Å²) < 4.78 is 16.3. The Bertz CT molecular complexity index is 669. The van der Waals surface area contributed by atoms with Crippen LogP contribution in [0.5, 0.6) is 17.2 Å². The molecule has 1 aliphatic heterocycles. The van der Waals surface area contributed by atoms with E-state index >= 15 is 0 Å². The van der Waals surface area contributed by atoms with Gasteiger partial charge < -0.3 is 19.9 Å². The molecule has 0 saturated carbocycles. The molecule has 0 saturated heterocycles. The van der Waals surface area contributed by atoms with Crippen LogP contribution in [0.4, 0.5) is 0 Å². The van der Waals surface area contributed by atoms with Crippen LogP contribution >= 0.6 is 11.3 Å². The molecule has 1 aromatic heterocycles. The van der Waals surface area contributed by atoms with E-state index in [1.54, 1.807) is 11.3 Å². The molecule has 0 amide bonds. The van der Waals surface area contributed by atoms with Crippen LogP contribution in [-0.4, -0.2) is 13.3 Å². The smallest absolute Gasteiger partial charge is 0.231 e. The molecule has 0 unspecified atom stereocenters. The maximum Gasteiger partial charge on any atom is 0.231 e. The standard InChI is InChI=1S/C15H13NO3S/c16-7-1-2-12-4-5-13(20-12)9-17-11-3-6-14-15(8-11)19-10-18-14/h3-6,8H,7,9-10,16H2. The molecule has 20 heavy (non-hydrogen) atoms. The second-order valence-corrected chi connectivity index (χ2v) is 5.24. The average molecular weight is 287 g/mol. The summed E-state index contributed by atoms with van der Waals surface area (Å²) in [6.07, 6.45) is 0. The van der Waals surface area contributed by atoms with E-state index in [4.69, 9.17) is 19.9 Å². The Morgan fingerprint density at radius 1 is 1.20 bits per heavy atom. The summed E-state index contributed by atoms with van der Waals surface area (Å²) >= 11 is 1.61. The van der Waals surface area contributed by atoms with Gasteiger partial charge in [0.1, 0.15) is 12.4 Å². The van der Waals surface area contributed by atoms with Gasteiger partial charge in [0.05, 0.1) is 11.4 Å². The van der Waals surface area contributed by atoms with E-state index in [-0.39, 0.29) is 6.79 Å². The van der Waals surface area contributed by atoms with E-state index in [0.29, 0.717) is 13.2 Å².